The van der Waals surface area contributed by atoms with Crippen molar-refractivity contribution in [3.63, 3.8) is 0 Å². The molecule has 0 bridgehead atoms. The molecule has 2 aromatic heterocycles. The van der Waals surface area contributed by atoms with Crippen LogP contribution in [0.2, 0.25) is 0 Å². The number of rotatable bonds is 19. The highest BCUT2D eigenvalue weighted by atomic mass is 32.1. The number of nitrogens with one attached hydrogen (secondary N) is 3. The number of likely N-dealkylation sites (tertiary alicyclic amines) is 1. The van der Waals surface area contributed by atoms with Gasteiger partial charge in [-0.1, -0.05) is 40.2 Å². The molecule has 6 rings (SSSR count). The molecule has 0 spiro atoms. The number of unbranched alkanes of at least 4 members (excludes halogenated alkanes) is 1. The summed E-state index contributed by atoms with van der Waals surface area (Å²) in [6.07, 6.45) is 4.09. The average molecular weight is 927 g/mol. The average Bonchev–Trinajstić information content (AvgIpc) is 3.63. The second kappa shape index (κ2) is 20.5. The van der Waals surface area contributed by atoms with E-state index >= 15 is 0 Å². The molecular weight excluding hydrogens is 864 g/mol. The molecular formula is C45H63N6O11PS. The fourth-order valence-electron chi connectivity index (χ4n) is 8.11. The van der Waals surface area contributed by atoms with Crippen molar-refractivity contribution < 1.29 is 52.0 Å². The Morgan fingerprint density at radius 2 is 1.83 bits per heavy atom. The molecule has 3 fully saturated rings. The lowest BCUT2D eigenvalue weighted by molar-refractivity contribution is -0.142. The maximum absolute atomic E-state index is 14.9. The Balaban J connectivity index is 1.30. The summed E-state index contributed by atoms with van der Waals surface area (Å²) in [7, 11) is -2.21. The van der Waals surface area contributed by atoms with Crippen molar-refractivity contribution in [2.45, 2.75) is 129 Å². The minimum atomic E-state index is -3.78. The maximum Gasteiger partial charge on any atom is 0.510 e. The SMILES string of the molecule is C=C[C@@H]1C[C@]1(NC(=O)[C@@H]1CC(Oc2cc(-c3csc(NC(C)C)n3)nc3cc(OC)ccc23)CN1C(=O)[C@@H](NC(=O)OC1CCCC1)C(C)(C)C)P(C)(=O)OCOC(=O)OCCCC. The van der Waals surface area contributed by atoms with Gasteiger partial charge in [-0.15, -0.1) is 17.9 Å². The summed E-state index contributed by atoms with van der Waals surface area (Å²) >= 11 is 1.45. The molecule has 0 radical (unpaired) electrons. The molecule has 1 aromatic carbocycles. The number of aromatic nitrogens is 2. The lowest BCUT2D eigenvalue weighted by atomic mass is 9.85. The lowest BCUT2D eigenvalue weighted by Crippen LogP contribution is -2.58. The number of thiazole rings is 1. The second-order valence-electron chi connectivity index (χ2n) is 18.1. The van der Waals surface area contributed by atoms with Crippen LogP contribution in [-0.4, -0.2) is 108 Å². The summed E-state index contributed by atoms with van der Waals surface area (Å²) in [5.41, 5.74) is 0.945. The van der Waals surface area contributed by atoms with E-state index in [1.165, 1.54) is 22.9 Å². The number of hydrogen-bond acceptors (Lipinski definition) is 15. The number of alkyl carbamates (subject to hydrolysis) is 1. The number of carbonyl (C=O) groups excluding carboxylic acids is 4. The zero-order valence-electron chi connectivity index (χ0n) is 38.1. The third-order valence-electron chi connectivity index (χ3n) is 11.8. The number of nitrogens with zero attached hydrogens (tertiary/aromatic N) is 3. The van der Waals surface area contributed by atoms with E-state index < -0.39 is 73.0 Å². The molecule has 2 unspecified atom stereocenters. The van der Waals surface area contributed by atoms with Gasteiger partial charge in [-0.05, 0) is 69.9 Å². The van der Waals surface area contributed by atoms with E-state index in [2.05, 4.69) is 22.5 Å². The van der Waals surface area contributed by atoms with E-state index in [1.54, 1.807) is 31.4 Å². The Bertz CT molecular complexity index is 2230. The third-order valence-corrected chi connectivity index (χ3v) is 15.2. The highest BCUT2D eigenvalue weighted by molar-refractivity contribution is 7.60. The van der Waals surface area contributed by atoms with Crippen LogP contribution in [0.1, 0.15) is 92.9 Å². The number of fused-ring (bicyclic) bond motifs is 1. The van der Waals surface area contributed by atoms with E-state index in [9.17, 15) is 23.7 Å². The first kappa shape index (κ1) is 48.5. The van der Waals surface area contributed by atoms with Crippen molar-refractivity contribution in [1.82, 2.24) is 25.5 Å². The topological polar surface area (TPSA) is 206 Å². The summed E-state index contributed by atoms with van der Waals surface area (Å²) in [6, 6.07) is 5.16. The molecule has 1 saturated heterocycles. The van der Waals surface area contributed by atoms with E-state index in [0.29, 0.717) is 40.2 Å². The van der Waals surface area contributed by atoms with Gasteiger partial charge in [0.1, 0.15) is 46.8 Å². The lowest BCUT2D eigenvalue weighted by Gasteiger charge is -2.36. The molecule has 64 heavy (non-hydrogen) atoms. The van der Waals surface area contributed by atoms with Gasteiger partial charge in [0, 0.05) is 47.9 Å². The first-order valence-corrected chi connectivity index (χ1v) is 24.9. The van der Waals surface area contributed by atoms with E-state index in [1.807, 2.05) is 53.0 Å². The molecule has 3 heterocycles. The van der Waals surface area contributed by atoms with Gasteiger partial charge in [0.15, 0.2) is 5.13 Å². The van der Waals surface area contributed by atoms with Gasteiger partial charge in [0.2, 0.25) is 26.0 Å². The summed E-state index contributed by atoms with van der Waals surface area (Å²) in [5.74, 6) is -0.531. The predicted molar refractivity (Wildman–Crippen MR) is 244 cm³/mol. The largest absolute Gasteiger partial charge is 0.510 e. The van der Waals surface area contributed by atoms with E-state index in [0.717, 1.165) is 37.2 Å². The fourth-order valence-corrected chi connectivity index (χ4v) is 11.0. The summed E-state index contributed by atoms with van der Waals surface area (Å²) < 4.78 is 48.1. The van der Waals surface area contributed by atoms with Crippen LogP contribution >= 0.6 is 18.7 Å². The summed E-state index contributed by atoms with van der Waals surface area (Å²) in [6.45, 7) is 16.2. The number of hydrogen-bond donors (Lipinski definition) is 3. The predicted octanol–water partition coefficient (Wildman–Crippen LogP) is 8.47. The van der Waals surface area contributed by atoms with Gasteiger partial charge in [-0.2, -0.15) is 0 Å². The molecule has 3 amide bonds. The van der Waals surface area contributed by atoms with Crippen LogP contribution in [0.3, 0.4) is 0 Å². The van der Waals surface area contributed by atoms with Crippen LogP contribution in [0.5, 0.6) is 11.5 Å². The zero-order valence-corrected chi connectivity index (χ0v) is 39.8. The number of amides is 3. The molecule has 19 heteroatoms. The Labute approximate surface area is 379 Å². The van der Waals surface area contributed by atoms with Crippen molar-refractivity contribution in [2.75, 3.05) is 39.0 Å². The van der Waals surface area contributed by atoms with Crippen molar-refractivity contribution in [3.05, 3.63) is 42.3 Å². The van der Waals surface area contributed by atoms with Gasteiger partial charge in [-0.3, -0.25) is 18.7 Å². The first-order valence-electron chi connectivity index (χ1n) is 22.0. The Morgan fingerprint density at radius 3 is 2.48 bits per heavy atom. The van der Waals surface area contributed by atoms with Crippen molar-refractivity contribution >= 4 is 58.8 Å². The van der Waals surface area contributed by atoms with E-state index in [-0.39, 0.29) is 38.1 Å². The van der Waals surface area contributed by atoms with Crippen LogP contribution in [0.25, 0.3) is 22.3 Å². The van der Waals surface area contributed by atoms with Crippen LogP contribution in [-0.2, 0) is 32.9 Å². The monoisotopic (exact) mass is 926 g/mol. The third kappa shape index (κ3) is 11.5. The van der Waals surface area contributed by atoms with Crippen molar-refractivity contribution in [3.8, 4) is 22.9 Å². The van der Waals surface area contributed by atoms with Crippen molar-refractivity contribution in [2.24, 2.45) is 11.3 Å². The zero-order chi connectivity index (χ0) is 46.4. The number of ether oxygens (including phenoxy) is 5. The van der Waals surface area contributed by atoms with Gasteiger partial charge in [-0.25, -0.2) is 19.6 Å². The fraction of sp³-hybridized carbons (Fsp3) is 0.600. The van der Waals surface area contributed by atoms with Crippen molar-refractivity contribution in [1.29, 1.82) is 0 Å². The van der Waals surface area contributed by atoms with Crippen LogP contribution in [0.15, 0.2) is 42.3 Å². The highest BCUT2D eigenvalue weighted by Crippen LogP contribution is 2.70. The number of carbonyl (C=O) groups is 4. The van der Waals surface area contributed by atoms with Gasteiger partial charge >= 0.3 is 12.2 Å². The Morgan fingerprint density at radius 1 is 1.08 bits per heavy atom. The molecule has 350 valence electrons. The quantitative estimate of drug-likeness (QED) is 0.0339. The number of methoxy groups -OCH3 is 1. The minimum Gasteiger partial charge on any atom is -0.497 e. The molecule has 3 N–H and O–H groups in total. The standard InChI is InChI=1S/C45H63N6O11PS/c1-10-12-19-58-43(55)59-26-60-63(9,56)45(23-28(45)11-2)50-39(52)36-21-31(24-51(36)40(53)38(44(5,6)7)49-42(54)62-29-15-13-14-16-29)61-37-22-34(35-25-64-41(48-35)46-27(3)4)47-33-20-30(57-8)17-18-32(33)37/h11,17-18,20,22,25,27-29,31,36,38H,2,10,12-16,19,21,23-24,26H2,1,3-9H3,(H,46,48)(H,49,54)(H,50,52)/t28-,31?,36+,38-,45+,63?/m1/s1. The smallest absolute Gasteiger partial charge is 0.497 e. The molecule has 17 nitrogen and oxygen atoms in total. The normalized spacial score (nSPS) is 22.3. The molecule has 2 aliphatic carbocycles. The highest BCUT2D eigenvalue weighted by Gasteiger charge is 2.65. The minimum absolute atomic E-state index is 0.0336. The van der Waals surface area contributed by atoms with Crippen LogP contribution < -0.4 is 25.4 Å². The summed E-state index contributed by atoms with van der Waals surface area (Å²) in [4.78, 5) is 66.2. The maximum atomic E-state index is 14.9. The van der Waals surface area contributed by atoms with Gasteiger partial charge < -0.3 is 44.5 Å². The first-order chi connectivity index (χ1) is 30.4. The number of pyridine rings is 1. The number of anilines is 1. The number of benzene rings is 1. The Kier molecular flexibility index (Phi) is 15.5. The molecule has 3 aliphatic rings. The van der Waals surface area contributed by atoms with Gasteiger partial charge in [0.25, 0.3) is 0 Å². The molecule has 1 aliphatic heterocycles. The van der Waals surface area contributed by atoms with Crippen LogP contribution in [0.4, 0.5) is 14.7 Å². The Hall–Kier alpha value is -4.93. The second-order valence-corrected chi connectivity index (χ2v) is 21.7. The summed E-state index contributed by atoms with van der Waals surface area (Å²) in [5, 5.41) is 11.0. The van der Waals surface area contributed by atoms with E-state index in [4.69, 9.17) is 38.2 Å². The van der Waals surface area contributed by atoms with Crippen LogP contribution in [0, 0.1) is 11.3 Å². The molecule has 6 atom stereocenters. The van der Waals surface area contributed by atoms with Gasteiger partial charge in [0.05, 0.1) is 31.5 Å². The molecule has 3 aromatic rings. The molecule has 2 saturated carbocycles.